The van der Waals surface area contributed by atoms with Gasteiger partial charge >= 0.3 is 0 Å². The van der Waals surface area contributed by atoms with Gasteiger partial charge in [-0.05, 0) is 64.3 Å². The van der Waals surface area contributed by atoms with Crippen molar-refractivity contribution in [1.82, 2.24) is 10.2 Å². The Labute approximate surface area is 151 Å². The van der Waals surface area contributed by atoms with E-state index in [4.69, 9.17) is 9.15 Å². The first-order chi connectivity index (χ1) is 12.2. The number of carbonyl (C=O) groups excluding carboxylic acids is 1. The van der Waals surface area contributed by atoms with Gasteiger partial charge in [-0.25, -0.2) is 0 Å². The molecule has 0 unspecified atom stereocenters. The summed E-state index contributed by atoms with van der Waals surface area (Å²) in [5.41, 5.74) is 0. The Morgan fingerprint density at radius 2 is 2.00 bits per heavy atom. The maximum Gasteiger partial charge on any atom is 0.286 e. The van der Waals surface area contributed by atoms with Gasteiger partial charge in [0.05, 0.1) is 12.1 Å². The standard InChI is InChI=1S/C20H32N2O3/c1-16(22-13-5-2-6-14-22)18-10-11-19(25-18)20(23)21-12-7-15-24-17-8-3-4-9-17/h10-11,16-17H,2-9,12-15H2,1H3,(H,21,23)/t16-/m1/s1. The average Bonchev–Trinajstić information content (AvgIpc) is 3.33. The molecule has 2 fully saturated rings. The molecule has 1 N–H and O–H groups in total. The van der Waals surface area contributed by atoms with E-state index in [2.05, 4.69) is 17.1 Å². The molecule has 0 radical (unpaired) electrons. The molecule has 25 heavy (non-hydrogen) atoms. The normalized spacial score (nSPS) is 20.7. The lowest BCUT2D eigenvalue weighted by atomic mass is 10.1. The Hall–Kier alpha value is -1.33. The van der Waals surface area contributed by atoms with Crippen LogP contribution in [0.1, 0.15) is 80.6 Å². The third-order valence-electron chi connectivity index (χ3n) is 5.46. The van der Waals surface area contributed by atoms with Gasteiger partial charge in [-0.15, -0.1) is 0 Å². The van der Waals surface area contributed by atoms with Crippen LogP contribution in [0, 0.1) is 0 Å². The van der Waals surface area contributed by atoms with Crippen LogP contribution in [0.5, 0.6) is 0 Å². The first-order valence-corrected chi connectivity index (χ1v) is 9.97. The molecule has 2 aliphatic rings. The maximum absolute atomic E-state index is 12.2. The number of rotatable bonds is 8. The summed E-state index contributed by atoms with van der Waals surface area (Å²) in [4.78, 5) is 14.7. The number of furan rings is 1. The number of likely N-dealkylation sites (tertiary alicyclic amines) is 1. The Balaban J connectivity index is 1.37. The number of amides is 1. The highest BCUT2D eigenvalue weighted by Crippen LogP contribution is 2.25. The third-order valence-corrected chi connectivity index (χ3v) is 5.46. The van der Waals surface area contributed by atoms with Crippen molar-refractivity contribution in [1.29, 1.82) is 0 Å². The van der Waals surface area contributed by atoms with Crippen LogP contribution in [0.25, 0.3) is 0 Å². The molecule has 2 heterocycles. The number of nitrogens with zero attached hydrogens (tertiary/aromatic N) is 1. The topological polar surface area (TPSA) is 54.7 Å². The Morgan fingerprint density at radius 3 is 2.76 bits per heavy atom. The second-order valence-corrected chi connectivity index (χ2v) is 7.36. The third kappa shape index (κ3) is 5.32. The Morgan fingerprint density at radius 1 is 1.24 bits per heavy atom. The van der Waals surface area contributed by atoms with Crippen molar-refractivity contribution in [3.05, 3.63) is 23.7 Å². The molecule has 1 aliphatic carbocycles. The predicted octanol–water partition coefficient (Wildman–Crippen LogP) is 3.91. The number of hydrogen-bond donors (Lipinski definition) is 1. The Kier molecular flexibility index (Phi) is 6.93. The quantitative estimate of drug-likeness (QED) is 0.724. The summed E-state index contributed by atoms with van der Waals surface area (Å²) in [7, 11) is 0. The highest BCUT2D eigenvalue weighted by molar-refractivity contribution is 5.91. The molecule has 0 bridgehead atoms. The van der Waals surface area contributed by atoms with Gasteiger partial charge in [0.15, 0.2) is 5.76 Å². The van der Waals surface area contributed by atoms with E-state index in [-0.39, 0.29) is 11.9 Å². The van der Waals surface area contributed by atoms with E-state index in [0.717, 1.165) is 31.9 Å². The maximum atomic E-state index is 12.2. The summed E-state index contributed by atoms with van der Waals surface area (Å²) >= 11 is 0. The zero-order chi connectivity index (χ0) is 17.5. The average molecular weight is 348 g/mol. The number of carbonyl (C=O) groups is 1. The summed E-state index contributed by atoms with van der Waals surface area (Å²) in [5.74, 6) is 1.17. The van der Waals surface area contributed by atoms with Gasteiger partial charge in [-0.3, -0.25) is 9.69 Å². The van der Waals surface area contributed by atoms with Gasteiger partial charge in [-0.1, -0.05) is 19.3 Å². The van der Waals surface area contributed by atoms with Crippen molar-refractivity contribution in [3.63, 3.8) is 0 Å². The van der Waals surface area contributed by atoms with Gasteiger partial charge in [0.25, 0.3) is 5.91 Å². The summed E-state index contributed by atoms with van der Waals surface area (Å²) in [6.45, 7) is 5.74. The van der Waals surface area contributed by atoms with Gasteiger partial charge in [0, 0.05) is 13.2 Å². The summed E-state index contributed by atoms with van der Waals surface area (Å²) in [5, 5.41) is 2.93. The van der Waals surface area contributed by atoms with E-state index < -0.39 is 0 Å². The van der Waals surface area contributed by atoms with Crippen molar-refractivity contribution in [2.24, 2.45) is 0 Å². The van der Waals surface area contributed by atoms with Crippen molar-refractivity contribution >= 4 is 5.91 Å². The minimum atomic E-state index is -0.127. The molecule has 1 saturated carbocycles. The van der Waals surface area contributed by atoms with Gasteiger partial charge in [0.1, 0.15) is 5.76 Å². The fraction of sp³-hybridized carbons (Fsp3) is 0.750. The van der Waals surface area contributed by atoms with Crippen molar-refractivity contribution in [2.45, 2.75) is 70.4 Å². The summed E-state index contributed by atoms with van der Waals surface area (Å²) in [6.07, 6.45) is 10.1. The lowest BCUT2D eigenvalue weighted by Crippen LogP contribution is -2.32. The molecule has 1 atom stereocenters. The molecule has 140 valence electrons. The van der Waals surface area contributed by atoms with Crippen LogP contribution in [0.4, 0.5) is 0 Å². The monoisotopic (exact) mass is 348 g/mol. The van der Waals surface area contributed by atoms with Crippen LogP contribution in [0.15, 0.2) is 16.5 Å². The second kappa shape index (κ2) is 9.39. The summed E-state index contributed by atoms with van der Waals surface area (Å²) in [6, 6.07) is 3.97. The van der Waals surface area contributed by atoms with Crippen LogP contribution >= 0.6 is 0 Å². The molecule has 1 amide bonds. The van der Waals surface area contributed by atoms with Gasteiger partial charge in [0.2, 0.25) is 0 Å². The molecule has 1 aromatic heterocycles. The van der Waals surface area contributed by atoms with E-state index in [1.807, 2.05) is 6.07 Å². The molecule has 0 aromatic carbocycles. The largest absolute Gasteiger partial charge is 0.454 e. The highest BCUT2D eigenvalue weighted by atomic mass is 16.5. The fourth-order valence-electron chi connectivity index (χ4n) is 3.85. The first-order valence-electron chi connectivity index (χ1n) is 9.97. The van der Waals surface area contributed by atoms with E-state index in [1.165, 1.54) is 44.9 Å². The van der Waals surface area contributed by atoms with Crippen LogP contribution < -0.4 is 5.32 Å². The van der Waals surface area contributed by atoms with E-state index in [1.54, 1.807) is 6.07 Å². The van der Waals surface area contributed by atoms with Gasteiger partial charge < -0.3 is 14.5 Å². The van der Waals surface area contributed by atoms with E-state index in [9.17, 15) is 4.79 Å². The van der Waals surface area contributed by atoms with Gasteiger partial charge in [-0.2, -0.15) is 0 Å². The molecular weight excluding hydrogens is 316 g/mol. The van der Waals surface area contributed by atoms with Crippen LogP contribution in [0.3, 0.4) is 0 Å². The zero-order valence-electron chi connectivity index (χ0n) is 15.5. The minimum absolute atomic E-state index is 0.127. The van der Waals surface area contributed by atoms with E-state index in [0.29, 0.717) is 18.4 Å². The smallest absolute Gasteiger partial charge is 0.286 e. The highest BCUT2D eigenvalue weighted by Gasteiger charge is 2.22. The second-order valence-electron chi connectivity index (χ2n) is 7.36. The molecule has 1 saturated heterocycles. The van der Waals surface area contributed by atoms with Crippen molar-refractivity contribution < 1.29 is 13.9 Å². The van der Waals surface area contributed by atoms with E-state index >= 15 is 0 Å². The molecular formula is C20H32N2O3. The van der Waals surface area contributed by atoms with Crippen LogP contribution in [-0.2, 0) is 4.74 Å². The minimum Gasteiger partial charge on any atom is -0.454 e. The molecule has 5 heteroatoms. The zero-order valence-corrected chi connectivity index (χ0v) is 15.5. The molecule has 1 aliphatic heterocycles. The molecule has 5 nitrogen and oxygen atoms in total. The number of ether oxygens (including phenoxy) is 1. The number of piperidine rings is 1. The number of hydrogen-bond acceptors (Lipinski definition) is 4. The summed E-state index contributed by atoms with van der Waals surface area (Å²) < 4.78 is 11.6. The van der Waals surface area contributed by atoms with Crippen LogP contribution in [-0.4, -0.2) is 43.2 Å². The SMILES string of the molecule is C[C@H](c1ccc(C(=O)NCCCOC2CCCC2)o1)N1CCCCC1. The van der Waals surface area contributed by atoms with Crippen molar-refractivity contribution in [3.8, 4) is 0 Å². The molecule has 3 rings (SSSR count). The molecule has 1 aromatic rings. The van der Waals surface area contributed by atoms with Crippen LogP contribution in [0.2, 0.25) is 0 Å². The predicted molar refractivity (Wildman–Crippen MR) is 97.7 cm³/mol. The number of nitrogens with one attached hydrogen (secondary N) is 1. The molecule has 0 spiro atoms. The fourth-order valence-corrected chi connectivity index (χ4v) is 3.85. The lowest BCUT2D eigenvalue weighted by Gasteiger charge is -2.31. The van der Waals surface area contributed by atoms with Crippen molar-refractivity contribution in [2.75, 3.05) is 26.2 Å². The first kappa shape index (κ1) is 18.5. The Bertz CT molecular complexity index is 531. The lowest BCUT2D eigenvalue weighted by molar-refractivity contribution is 0.0564.